The van der Waals surface area contributed by atoms with Crippen LogP contribution < -0.4 is 0 Å². The molecule has 0 aromatic heterocycles. The topological polar surface area (TPSA) is 0 Å². The second kappa shape index (κ2) is 5.51. The van der Waals surface area contributed by atoms with Crippen LogP contribution in [0.1, 0.15) is 43.9 Å². The van der Waals surface area contributed by atoms with Gasteiger partial charge in [-0.25, -0.2) is 0 Å². The highest BCUT2D eigenvalue weighted by molar-refractivity contribution is 5.88. The number of allylic oxidation sites excluding steroid dienone is 1. The molecule has 144 valence electrons. The first-order valence-electron chi connectivity index (χ1n) is 11.0. The van der Waals surface area contributed by atoms with Crippen molar-refractivity contribution in [2.75, 3.05) is 0 Å². The van der Waals surface area contributed by atoms with E-state index in [1.54, 1.807) is 5.57 Å². The van der Waals surface area contributed by atoms with Crippen molar-refractivity contribution in [3.8, 4) is 0 Å². The summed E-state index contributed by atoms with van der Waals surface area (Å²) in [5, 5.41) is 0. The van der Waals surface area contributed by atoms with Gasteiger partial charge in [0.2, 0.25) is 0 Å². The maximum absolute atomic E-state index is 2.57. The van der Waals surface area contributed by atoms with Crippen LogP contribution in [0.5, 0.6) is 0 Å². The van der Waals surface area contributed by atoms with Gasteiger partial charge in [-0.1, -0.05) is 112 Å². The van der Waals surface area contributed by atoms with E-state index in [1.165, 1.54) is 28.7 Å². The standard InChI is InChI=1S/C29H28/c1-27(2)23-19-24-28(27,3)29(24,22-17-11-6-12-18-22)26(23)25(20-13-7-4-8-14-20)21-15-9-5-10-16-21/h4-18,23-24H,19H2,1-3H3/t23-,24+,28+,29+/m1/s1. The minimum atomic E-state index is 0.184. The zero-order chi connectivity index (χ0) is 19.9. The summed E-state index contributed by atoms with van der Waals surface area (Å²) in [5.41, 5.74) is 8.29. The third-order valence-electron chi connectivity index (χ3n) is 9.03. The fourth-order valence-electron chi connectivity index (χ4n) is 7.61. The molecule has 3 aromatic rings. The van der Waals surface area contributed by atoms with Gasteiger partial charge >= 0.3 is 0 Å². The maximum atomic E-state index is 2.57. The minimum absolute atomic E-state index is 0.184. The molecule has 0 radical (unpaired) electrons. The number of hydrogen-bond acceptors (Lipinski definition) is 0. The molecule has 7 rings (SSSR count). The number of rotatable bonds is 3. The van der Waals surface area contributed by atoms with Crippen molar-refractivity contribution in [1.29, 1.82) is 0 Å². The summed E-state index contributed by atoms with van der Waals surface area (Å²) in [4.78, 5) is 0. The summed E-state index contributed by atoms with van der Waals surface area (Å²) < 4.78 is 0. The summed E-state index contributed by atoms with van der Waals surface area (Å²) in [7, 11) is 0. The first kappa shape index (κ1) is 17.3. The third kappa shape index (κ3) is 1.82. The molecule has 4 fully saturated rings. The lowest BCUT2D eigenvalue weighted by Gasteiger charge is -2.29. The molecule has 0 nitrogen and oxygen atoms in total. The number of benzene rings is 3. The van der Waals surface area contributed by atoms with E-state index in [2.05, 4.69) is 112 Å². The lowest BCUT2D eigenvalue weighted by atomic mass is 9.74. The summed E-state index contributed by atoms with van der Waals surface area (Å²) >= 11 is 0. The average Bonchev–Trinajstić information content (AvgIpc) is 2.95. The second-order valence-electron chi connectivity index (χ2n) is 9.96. The highest BCUT2D eigenvalue weighted by Gasteiger charge is 2.91. The Bertz CT molecular complexity index is 1060. The molecule has 0 saturated heterocycles. The Morgan fingerprint density at radius 1 is 0.690 bits per heavy atom. The summed E-state index contributed by atoms with van der Waals surface area (Å²) in [6.45, 7) is 7.64. The zero-order valence-corrected chi connectivity index (χ0v) is 17.5. The van der Waals surface area contributed by atoms with Crippen LogP contribution in [0.2, 0.25) is 0 Å². The van der Waals surface area contributed by atoms with Crippen molar-refractivity contribution in [3.05, 3.63) is 113 Å². The zero-order valence-electron chi connectivity index (χ0n) is 17.5. The fraction of sp³-hybridized carbons (Fsp3) is 0.310. The molecule has 0 heterocycles. The molecule has 4 aliphatic rings. The molecule has 3 aromatic carbocycles. The molecule has 0 unspecified atom stereocenters. The Morgan fingerprint density at radius 3 is 1.62 bits per heavy atom. The van der Waals surface area contributed by atoms with Crippen LogP contribution in [0.3, 0.4) is 0 Å². The van der Waals surface area contributed by atoms with Gasteiger partial charge in [0.25, 0.3) is 0 Å². The van der Waals surface area contributed by atoms with E-state index in [4.69, 9.17) is 0 Å². The first-order chi connectivity index (χ1) is 14.0. The third-order valence-corrected chi connectivity index (χ3v) is 9.03. The highest BCUT2D eigenvalue weighted by atomic mass is 14.9. The predicted molar refractivity (Wildman–Crippen MR) is 121 cm³/mol. The Hall–Kier alpha value is -2.60. The van der Waals surface area contributed by atoms with Gasteiger partial charge in [0.05, 0.1) is 0 Å². The van der Waals surface area contributed by atoms with Gasteiger partial charge in [0.15, 0.2) is 0 Å². The molecule has 0 spiro atoms. The molecule has 0 heteroatoms. The quantitative estimate of drug-likeness (QED) is 0.456. The van der Waals surface area contributed by atoms with Gasteiger partial charge in [-0.15, -0.1) is 0 Å². The van der Waals surface area contributed by atoms with E-state index in [1.807, 2.05) is 0 Å². The van der Waals surface area contributed by atoms with E-state index in [0.29, 0.717) is 16.7 Å². The molecule has 4 atom stereocenters. The largest absolute Gasteiger partial charge is 0.0622 e. The predicted octanol–water partition coefficient (Wildman–Crippen LogP) is 7.12. The summed E-state index contributed by atoms with van der Waals surface area (Å²) in [6, 6.07) is 33.6. The first-order valence-corrected chi connectivity index (χ1v) is 11.0. The van der Waals surface area contributed by atoms with Crippen LogP contribution in [0, 0.1) is 22.7 Å². The van der Waals surface area contributed by atoms with Crippen molar-refractivity contribution in [2.45, 2.75) is 32.6 Å². The van der Waals surface area contributed by atoms with Gasteiger partial charge in [-0.3, -0.25) is 0 Å². The van der Waals surface area contributed by atoms with Gasteiger partial charge < -0.3 is 0 Å². The average molecular weight is 377 g/mol. The van der Waals surface area contributed by atoms with E-state index in [-0.39, 0.29) is 5.41 Å². The van der Waals surface area contributed by atoms with Crippen molar-refractivity contribution in [3.63, 3.8) is 0 Å². The highest BCUT2D eigenvalue weighted by Crippen LogP contribution is 2.94. The fourth-order valence-corrected chi connectivity index (χ4v) is 7.61. The Labute approximate surface area is 174 Å². The Kier molecular flexibility index (Phi) is 3.28. The molecule has 29 heavy (non-hydrogen) atoms. The van der Waals surface area contributed by atoms with Crippen LogP contribution in [-0.4, -0.2) is 0 Å². The van der Waals surface area contributed by atoms with E-state index < -0.39 is 0 Å². The Balaban J connectivity index is 1.72. The van der Waals surface area contributed by atoms with Crippen molar-refractivity contribution in [1.82, 2.24) is 0 Å². The van der Waals surface area contributed by atoms with Crippen molar-refractivity contribution >= 4 is 5.57 Å². The minimum Gasteiger partial charge on any atom is -0.0622 e. The molecule has 0 amide bonds. The molecular weight excluding hydrogens is 348 g/mol. The van der Waals surface area contributed by atoms with Gasteiger partial charge in [-0.2, -0.15) is 0 Å². The monoisotopic (exact) mass is 376 g/mol. The molecular formula is C29H28. The molecule has 0 aliphatic heterocycles. The molecule has 4 aliphatic carbocycles. The molecule has 4 saturated carbocycles. The van der Waals surface area contributed by atoms with Gasteiger partial charge in [0, 0.05) is 5.41 Å². The van der Waals surface area contributed by atoms with Crippen LogP contribution in [-0.2, 0) is 5.41 Å². The Morgan fingerprint density at radius 2 is 1.17 bits per heavy atom. The van der Waals surface area contributed by atoms with Gasteiger partial charge in [-0.05, 0) is 56.9 Å². The lowest BCUT2D eigenvalue weighted by Crippen LogP contribution is -2.24. The van der Waals surface area contributed by atoms with Crippen LogP contribution in [0.25, 0.3) is 5.57 Å². The molecule has 0 N–H and O–H groups in total. The smallest absolute Gasteiger partial charge is 0.0270 e. The van der Waals surface area contributed by atoms with E-state index >= 15 is 0 Å². The second-order valence-corrected chi connectivity index (χ2v) is 9.96. The van der Waals surface area contributed by atoms with Crippen LogP contribution in [0.15, 0.2) is 96.6 Å². The SMILES string of the molecule is CC1(C)[C@@H]2C[C@@H]3[C@@](c4ccccc4)(C2=C(c2ccccc2)c2ccccc2)[C@@]31C. The van der Waals surface area contributed by atoms with E-state index in [9.17, 15) is 0 Å². The number of hydrogen-bond donors (Lipinski definition) is 0. The van der Waals surface area contributed by atoms with Crippen LogP contribution >= 0.6 is 0 Å². The van der Waals surface area contributed by atoms with Crippen molar-refractivity contribution < 1.29 is 0 Å². The lowest BCUT2D eigenvalue weighted by molar-refractivity contribution is 0.202. The van der Waals surface area contributed by atoms with E-state index in [0.717, 1.165) is 5.92 Å². The van der Waals surface area contributed by atoms with Crippen LogP contribution in [0.4, 0.5) is 0 Å². The summed E-state index contributed by atoms with van der Waals surface area (Å²) in [6.07, 6.45) is 1.33. The normalized spacial score (nSPS) is 33.0. The van der Waals surface area contributed by atoms with Gasteiger partial charge in [0.1, 0.15) is 0 Å². The van der Waals surface area contributed by atoms with Crippen molar-refractivity contribution in [2.24, 2.45) is 22.7 Å². The molecule has 4 bridgehead atoms. The maximum Gasteiger partial charge on any atom is 0.0270 e. The summed E-state index contributed by atoms with van der Waals surface area (Å²) in [5.74, 6) is 1.41.